The summed E-state index contributed by atoms with van der Waals surface area (Å²) in [7, 11) is 3.15. The Balaban J connectivity index is 1.46. The lowest BCUT2D eigenvalue weighted by Crippen LogP contribution is -2.74. The van der Waals surface area contributed by atoms with E-state index >= 15 is 0 Å². The summed E-state index contributed by atoms with van der Waals surface area (Å²) in [5, 5.41) is 25.0. The summed E-state index contributed by atoms with van der Waals surface area (Å²) in [6, 6.07) is 14.4. The number of hydrogen-bond acceptors (Lipinski definition) is 9. The number of carbonyl (C=O) groups is 5. The number of rotatable bonds is 9. The molecule has 2 saturated carbocycles. The van der Waals surface area contributed by atoms with E-state index in [1.165, 1.54) is 16.5 Å². The van der Waals surface area contributed by atoms with Crippen molar-refractivity contribution in [1.29, 1.82) is 0 Å². The molecule has 0 aromatic heterocycles. The molecule has 3 aromatic rings. The molecule has 4 N–H and O–H groups in total. The number of aliphatic hydroxyl groups is 1. The number of phenols is 1. The number of aromatic hydroxyl groups is 1. The summed E-state index contributed by atoms with van der Waals surface area (Å²) < 4.78 is 0. The highest BCUT2D eigenvalue weighted by molar-refractivity contribution is 6.32. The fourth-order valence-electron chi connectivity index (χ4n) is 8.73. The fourth-order valence-corrected chi connectivity index (χ4v) is 8.73. The maximum absolute atomic E-state index is 14.3. The highest BCUT2D eigenvalue weighted by Gasteiger charge is 2.69. The van der Waals surface area contributed by atoms with Gasteiger partial charge in [0.05, 0.1) is 17.5 Å². The molecule has 10 heteroatoms. The number of nitrogens with zero attached hydrogens (tertiary/aromatic N) is 2. The molecule has 0 spiro atoms. The van der Waals surface area contributed by atoms with Crippen molar-refractivity contribution in [2.75, 3.05) is 27.2 Å². The molecule has 6 atom stereocenters. The van der Waals surface area contributed by atoms with Crippen LogP contribution in [0.2, 0.25) is 0 Å². The number of Topliss-reactive ketones (excluding diaryl/α,β-unsaturated/α-hetero) is 4. The van der Waals surface area contributed by atoms with Gasteiger partial charge in [0.2, 0.25) is 5.91 Å². The van der Waals surface area contributed by atoms with E-state index in [1.807, 2.05) is 24.3 Å². The van der Waals surface area contributed by atoms with Gasteiger partial charge >= 0.3 is 0 Å². The molecule has 10 nitrogen and oxygen atoms in total. The van der Waals surface area contributed by atoms with E-state index < -0.39 is 64.4 Å². The molecule has 6 rings (SSSR count). The lowest BCUT2D eigenvalue weighted by Gasteiger charge is -2.52. The molecule has 3 aliphatic rings. The number of phenolic OH excluding ortho intramolecular Hbond substituents is 1. The number of benzene rings is 3. The monoisotopic (exact) mass is 653 g/mol. The Kier molecular flexibility index (Phi) is 8.87. The Morgan fingerprint density at radius 2 is 1.56 bits per heavy atom. The minimum Gasteiger partial charge on any atom is -0.507 e. The maximum atomic E-state index is 14.3. The van der Waals surface area contributed by atoms with E-state index in [0.717, 1.165) is 54.4 Å². The van der Waals surface area contributed by atoms with Crippen molar-refractivity contribution in [1.82, 2.24) is 9.80 Å². The third-order valence-electron chi connectivity index (χ3n) is 10.7. The summed E-state index contributed by atoms with van der Waals surface area (Å²) in [6.45, 7) is 7.12. The Morgan fingerprint density at radius 3 is 2.19 bits per heavy atom. The zero-order chi connectivity index (χ0) is 34.7. The number of nitrogens with two attached hydrogens (primary N) is 1. The van der Waals surface area contributed by atoms with Crippen LogP contribution in [0.3, 0.4) is 0 Å². The van der Waals surface area contributed by atoms with Crippen LogP contribution in [-0.2, 0) is 32.1 Å². The highest BCUT2D eigenvalue weighted by atomic mass is 16.3. The van der Waals surface area contributed by atoms with E-state index in [2.05, 4.69) is 30.9 Å². The minimum atomic E-state index is -2.75. The van der Waals surface area contributed by atoms with E-state index in [0.29, 0.717) is 5.56 Å². The lowest BCUT2D eigenvalue weighted by molar-refractivity contribution is -0.181. The van der Waals surface area contributed by atoms with Gasteiger partial charge in [-0.1, -0.05) is 56.3 Å². The van der Waals surface area contributed by atoms with Crippen molar-refractivity contribution in [2.24, 2.45) is 29.4 Å². The molecular weight excluding hydrogens is 610 g/mol. The van der Waals surface area contributed by atoms with Gasteiger partial charge in [-0.2, -0.15) is 0 Å². The second-order valence-corrected chi connectivity index (χ2v) is 13.9. The molecule has 1 amide bonds. The first-order chi connectivity index (χ1) is 22.9. The first kappa shape index (κ1) is 33.6. The molecule has 3 aliphatic carbocycles. The first-order valence-corrected chi connectivity index (χ1v) is 16.8. The van der Waals surface area contributed by atoms with Crippen LogP contribution in [0.4, 0.5) is 0 Å². The standard InChI is InChI=1S/C38H43N3O7/c1-5-15-41(16-6-2)19-20-11-12-24(23-10-8-7-9-22(20)23)25-13-14-28(42)30-26(25)17-21-18-27-32(40(3)4)34(44)31(37(39)47)36(46)38(27,48)35(45)29(21)33(30)43/h7-14,21,27,29,31-32,42,48H,5-6,15-19H2,1-4H3,(H2,39,47). The van der Waals surface area contributed by atoms with E-state index in [9.17, 15) is 34.2 Å². The SMILES string of the molecule is CCCN(CCC)Cc1ccc(-c2ccc(O)c3c2CC2CC4C(N(C)C)C(=O)C(C(N)=O)C(=O)C4(O)C(=O)C2C3=O)c2ccccc12. The van der Waals surface area contributed by atoms with Crippen molar-refractivity contribution in [3.63, 3.8) is 0 Å². The first-order valence-electron chi connectivity index (χ1n) is 16.8. The third kappa shape index (κ3) is 5.09. The summed E-state index contributed by atoms with van der Waals surface area (Å²) in [5.41, 5.74) is 6.07. The molecule has 252 valence electrons. The average molecular weight is 654 g/mol. The van der Waals surface area contributed by atoms with Crippen LogP contribution < -0.4 is 5.73 Å². The Morgan fingerprint density at radius 1 is 0.917 bits per heavy atom. The molecule has 3 aromatic carbocycles. The van der Waals surface area contributed by atoms with Crippen LogP contribution in [0.25, 0.3) is 21.9 Å². The van der Waals surface area contributed by atoms with E-state index in [4.69, 9.17) is 5.73 Å². The number of likely N-dealkylation sites (N-methyl/N-ethyl adjacent to an activating group) is 1. The molecule has 0 heterocycles. The highest BCUT2D eigenvalue weighted by Crippen LogP contribution is 2.52. The largest absolute Gasteiger partial charge is 0.507 e. The Labute approximate surface area is 279 Å². The van der Waals surface area contributed by atoms with Gasteiger partial charge in [0.25, 0.3) is 0 Å². The number of ketones is 4. The van der Waals surface area contributed by atoms with Gasteiger partial charge in [-0.15, -0.1) is 0 Å². The van der Waals surface area contributed by atoms with Crippen molar-refractivity contribution >= 4 is 39.8 Å². The van der Waals surface area contributed by atoms with Crippen LogP contribution in [0, 0.1) is 23.7 Å². The average Bonchev–Trinajstić information content (AvgIpc) is 3.03. The fraction of sp³-hybridized carbons (Fsp3) is 0.447. The summed E-state index contributed by atoms with van der Waals surface area (Å²) in [6.07, 6.45) is 2.31. The van der Waals surface area contributed by atoms with Crippen LogP contribution in [0.1, 0.15) is 54.6 Å². The molecule has 48 heavy (non-hydrogen) atoms. The van der Waals surface area contributed by atoms with Crippen LogP contribution in [0.5, 0.6) is 5.75 Å². The van der Waals surface area contributed by atoms with E-state index in [-0.39, 0.29) is 24.2 Å². The number of hydrogen-bond donors (Lipinski definition) is 3. The van der Waals surface area contributed by atoms with Gasteiger partial charge in [-0.05, 0) is 97.9 Å². The number of primary amides is 1. The van der Waals surface area contributed by atoms with Gasteiger partial charge in [0.1, 0.15) is 5.75 Å². The molecule has 2 fully saturated rings. The van der Waals surface area contributed by atoms with E-state index in [1.54, 1.807) is 20.2 Å². The summed E-state index contributed by atoms with van der Waals surface area (Å²) in [5.74, 6) is -10.6. The summed E-state index contributed by atoms with van der Waals surface area (Å²) >= 11 is 0. The van der Waals surface area contributed by atoms with Gasteiger partial charge in [-0.3, -0.25) is 33.8 Å². The number of carbonyl (C=O) groups excluding carboxylic acids is 5. The third-order valence-corrected chi connectivity index (χ3v) is 10.7. The second-order valence-electron chi connectivity index (χ2n) is 13.9. The van der Waals surface area contributed by atoms with Gasteiger partial charge in [0, 0.05) is 12.5 Å². The van der Waals surface area contributed by atoms with Crippen molar-refractivity contribution in [2.45, 2.75) is 57.7 Å². The normalized spacial score (nSPS) is 26.9. The van der Waals surface area contributed by atoms with Gasteiger partial charge < -0.3 is 15.9 Å². The maximum Gasteiger partial charge on any atom is 0.235 e. The predicted octanol–water partition coefficient (Wildman–Crippen LogP) is 3.31. The Hall–Kier alpha value is -4.25. The molecule has 0 aliphatic heterocycles. The van der Waals surface area contributed by atoms with Crippen molar-refractivity contribution in [3.05, 3.63) is 65.2 Å². The topological polar surface area (TPSA) is 158 Å². The van der Waals surface area contributed by atoms with Crippen molar-refractivity contribution < 1.29 is 34.2 Å². The molecule has 0 radical (unpaired) electrons. The molecular formula is C38H43N3O7. The zero-order valence-electron chi connectivity index (χ0n) is 27.9. The Bertz CT molecular complexity index is 1850. The smallest absolute Gasteiger partial charge is 0.235 e. The second kappa shape index (κ2) is 12.7. The van der Waals surface area contributed by atoms with Crippen LogP contribution in [0.15, 0.2) is 48.5 Å². The summed E-state index contributed by atoms with van der Waals surface area (Å²) in [4.78, 5) is 71.6. The zero-order valence-corrected chi connectivity index (χ0v) is 27.9. The predicted molar refractivity (Wildman–Crippen MR) is 180 cm³/mol. The van der Waals surface area contributed by atoms with Crippen molar-refractivity contribution in [3.8, 4) is 16.9 Å². The van der Waals surface area contributed by atoms with Crippen LogP contribution in [-0.4, -0.2) is 87.9 Å². The molecule has 0 saturated heterocycles. The molecule has 6 unspecified atom stereocenters. The minimum absolute atomic E-state index is 0.00334. The molecule has 0 bridgehead atoms. The number of fused-ring (bicyclic) bond motifs is 4. The van der Waals surface area contributed by atoms with Gasteiger partial charge in [0.15, 0.2) is 34.7 Å². The quantitative estimate of drug-likeness (QED) is 0.295. The lowest BCUT2D eigenvalue weighted by atomic mass is 9.52. The van der Waals surface area contributed by atoms with Crippen LogP contribution >= 0.6 is 0 Å². The number of amides is 1. The van der Waals surface area contributed by atoms with Gasteiger partial charge in [-0.25, -0.2) is 0 Å².